The fourth-order valence-corrected chi connectivity index (χ4v) is 2.32. The Morgan fingerprint density at radius 2 is 2.27 bits per heavy atom. The second kappa shape index (κ2) is 3.28. The standard InChI is InChI=1S/C9H15BrO/c1-7-5-3-4-6-9(7,11)8(2)10/h7,11H,2-6H2,1H3/t7-,9+/m0/s1. The molecule has 0 unspecified atom stereocenters. The van der Waals surface area contributed by atoms with E-state index in [-0.39, 0.29) is 0 Å². The van der Waals surface area contributed by atoms with Gasteiger partial charge in [-0.1, -0.05) is 42.3 Å². The highest BCUT2D eigenvalue weighted by molar-refractivity contribution is 9.11. The third-order valence-corrected chi connectivity index (χ3v) is 3.42. The maximum atomic E-state index is 10.1. The maximum absolute atomic E-state index is 10.1. The molecule has 1 N–H and O–H groups in total. The molecule has 0 bridgehead atoms. The molecule has 0 aromatic rings. The van der Waals surface area contributed by atoms with Gasteiger partial charge in [-0.25, -0.2) is 0 Å². The Balaban J connectivity index is 2.72. The summed E-state index contributed by atoms with van der Waals surface area (Å²) in [5.74, 6) is 0.350. The van der Waals surface area contributed by atoms with E-state index >= 15 is 0 Å². The van der Waals surface area contributed by atoms with E-state index in [0.29, 0.717) is 5.92 Å². The summed E-state index contributed by atoms with van der Waals surface area (Å²) in [5.41, 5.74) is -0.641. The van der Waals surface area contributed by atoms with Crippen molar-refractivity contribution in [2.45, 2.75) is 38.2 Å². The lowest BCUT2D eigenvalue weighted by Crippen LogP contribution is -2.39. The summed E-state index contributed by atoms with van der Waals surface area (Å²) in [4.78, 5) is 0. The summed E-state index contributed by atoms with van der Waals surface area (Å²) in [5, 5.41) is 10.1. The summed E-state index contributed by atoms with van der Waals surface area (Å²) in [6, 6.07) is 0. The predicted molar refractivity (Wildman–Crippen MR) is 50.6 cm³/mol. The molecule has 1 aliphatic carbocycles. The van der Waals surface area contributed by atoms with Crippen LogP contribution in [-0.2, 0) is 0 Å². The molecule has 11 heavy (non-hydrogen) atoms. The third kappa shape index (κ3) is 1.67. The van der Waals surface area contributed by atoms with Gasteiger partial charge in [0.25, 0.3) is 0 Å². The molecule has 0 aliphatic heterocycles. The van der Waals surface area contributed by atoms with Gasteiger partial charge in [-0.05, 0) is 18.8 Å². The van der Waals surface area contributed by atoms with Crippen molar-refractivity contribution < 1.29 is 5.11 Å². The average molecular weight is 219 g/mol. The lowest BCUT2D eigenvalue weighted by Gasteiger charge is -2.37. The van der Waals surface area contributed by atoms with E-state index in [2.05, 4.69) is 29.4 Å². The van der Waals surface area contributed by atoms with Gasteiger partial charge in [-0.2, -0.15) is 0 Å². The first-order valence-electron chi connectivity index (χ1n) is 4.14. The van der Waals surface area contributed by atoms with Gasteiger partial charge in [0.05, 0.1) is 5.60 Å². The van der Waals surface area contributed by atoms with Crippen LogP contribution in [0.5, 0.6) is 0 Å². The summed E-state index contributed by atoms with van der Waals surface area (Å²) >= 11 is 3.29. The largest absolute Gasteiger partial charge is 0.384 e. The number of rotatable bonds is 1. The second-order valence-electron chi connectivity index (χ2n) is 3.48. The van der Waals surface area contributed by atoms with Crippen molar-refractivity contribution in [3.05, 3.63) is 11.1 Å². The number of hydrogen-bond acceptors (Lipinski definition) is 1. The van der Waals surface area contributed by atoms with Crippen LogP contribution in [0.2, 0.25) is 0 Å². The molecule has 64 valence electrons. The first-order valence-corrected chi connectivity index (χ1v) is 4.94. The van der Waals surface area contributed by atoms with Gasteiger partial charge in [-0.15, -0.1) is 0 Å². The molecule has 1 rings (SSSR count). The van der Waals surface area contributed by atoms with Crippen molar-refractivity contribution in [2.75, 3.05) is 0 Å². The molecule has 1 fully saturated rings. The first-order chi connectivity index (χ1) is 5.07. The van der Waals surface area contributed by atoms with Gasteiger partial charge < -0.3 is 5.11 Å². The fourth-order valence-electron chi connectivity index (χ4n) is 1.73. The van der Waals surface area contributed by atoms with Crippen molar-refractivity contribution in [1.29, 1.82) is 0 Å². The van der Waals surface area contributed by atoms with E-state index in [1.807, 2.05) is 0 Å². The van der Waals surface area contributed by atoms with E-state index < -0.39 is 5.60 Å². The van der Waals surface area contributed by atoms with Gasteiger partial charge >= 0.3 is 0 Å². The van der Waals surface area contributed by atoms with E-state index in [1.54, 1.807) is 0 Å². The zero-order valence-corrected chi connectivity index (χ0v) is 8.52. The quantitative estimate of drug-likeness (QED) is 0.718. The number of halogens is 1. The van der Waals surface area contributed by atoms with Crippen LogP contribution < -0.4 is 0 Å². The summed E-state index contributed by atoms with van der Waals surface area (Å²) in [6.45, 7) is 5.86. The van der Waals surface area contributed by atoms with Crippen LogP contribution >= 0.6 is 15.9 Å². The first kappa shape index (κ1) is 9.27. The molecule has 2 heteroatoms. The van der Waals surface area contributed by atoms with Gasteiger partial charge in [0.15, 0.2) is 0 Å². The summed E-state index contributed by atoms with van der Waals surface area (Å²) < 4.78 is 0.747. The molecule has 0 saturated heterocycles. The van der Waals surface area contributed by atoms with Gasteiger partial charge in [0.1, 0.15) is 0 Å². The van der Waals surface area contributed by atoms with E-state index in [0.717, 1.165) is 23.7 Å². The minimum Gasteiger partial charge on any atom is -0.384 e. The van der Waals surface area contributed by atoms with Crippen LogP contribution in [0.25, 0.3) is 0 Å². The second-order valence-corrected chi connectivity index (χ2v) is 4.43. The Morgan fingerprint density at radius 3 is 2.64 bits per heavy atom. The van der Waals surface area contributed by atoms with E-state index in [9.17, 15) is 5.11 Å². The topological polar surface area (TPSA) is 20.2 Å². The Hall–Kier alpha value is 0.180. The summed E-state index contributed by atoms with van der Waals surface area (Å²) in [7, 11) is 0. The maximum Gasteiger partial charge on any atom is 0.0980 e. The van der Waals surface area contributed by atoms with E-state index in [1.165, 1.54) is 6.42 Å². The van der Waals surface area contributed by atoms with Crippen molar-refractivity contribution in [3.8, 4) is 0 Å². The molecule has 1 aliphatic rings. The summed E-state index contributed by atoms with van der Waals surface area (Å²) in [6.07, 6.45) is 4.33. The van der Waals surface area contributed by atoms with Crippen molar-refractivity contribution in [2.24, 2.45) is 5.92 Å². The van der Waals surface area contributed by atoms with Gasteiger partial charge in [-0.3, -0.25) is 0 Å². The van der Waals surface area contributed by atoms with Crippen LogP contribution in [0.4, 0.5) is 0 Å². The molecule has 1 nitrogen and oxygen atoms in total. The molecule has 2 atom stereocenters. The lowest BCUT2D eigenvalue weighted by molar-refractivity contribution is 0.00102. The molecule has 0 aromatic heterocycles. The molecule has 0 radical (unpaired) electrons. The fraction of sp³-hybridized carbons (Fsp3) is 0.778. The van der Waals surface area contributed by atoms with Crippen LogP contribution in [0.3, 0.4) is 0 Å². The third-order valence-electron chi connectivity index (χ3n) is 2.73. The normalized spacial score (nSPS) is 38.6. The average Bonchev–Trinajstić information content (AvgIpc) is 1.95. The Kier molecular flexibility index (Phi) is 2.76. The van der Waals surface area contributed by atoms with Crippen molar-refractivity contribution in [1.82, 2.24) is 0 Å². The van der Waals surface area contributed by atoms with Gasteiger partial charge in [0.2, 0.25) is 0 Å². The predicted octanol–water partition coefficient (Wildman–Crippen LogP) is 2.84. The Bertz CT molecular complexity index is 167. The molecule has 1 saturated carbocycles. The molecule has 0 amide bonds. The Labute approximate surface area is 76.6 Å². The zero-order chi connectivity index (χ0) is 8.48. The van der Waals surface area contributed by atoms with Crippen LogP contribution in [-0.4, -0.2) is 10.7 Å². The molecule has 0 heterocycles. The highest BCUT2D eigenvalue weighted by Gasteiger charge is 2.37. The Morgan fingerprint density at radius 1 is 1.64 bits per heavy atom. The molecular formula is C9H15BrO. The number of hydrogen-bond donors (Lipinski definition) is 1. The van der Waals surface area contributed by atoms with Crippen LogP contribution in [0.15, 0.2) is 11.1 Å². The van der Waals surface area contributed by atoms with Crippen LogP contribution in [0, 0.1) is 5.92 Å². The molecule has 0 aromatic carbocycles. The van der Waals surface area contributed by atoms with Crippen LogP contribution in [0.1, 0.15) is 32.6 Å². The van der Waals surface area contributed by atoms with Crippen molar-refractivity contribution in [3.63, 3.8) is 0 Å². The highest BCUT2D eigenvalue weighted by Crippen LogP contribution is 2.40. The SMILES string of the molecule is C=C(Br)[C@@]1(O)CCCC[C@@H]1C. The number of aliphatic hydroxyl groups is 1. The zero-order valence-electron chi connectivity index (χ0n) is 6.94. The molecular weight excluding hydrogens is 204 g/mol. The molecule has 0 spiro atoms. The minimum atomic E-state index is -0.641. The highest BCUT2D eigenvalue weighted by atomic mass is 79.9. The smallest absolute Gasteiger partial charge is 0.0980 e. The van der Waals surface area contributed by atoms with E-state index in [4.69, 9.17) is 0 Å². The van der Waals surface area contributed by atoms with Gasteiger partial charge in [0, 0.05) is 4.48 Å². The monoisotopic (exact) mass is 218 g/mol. The minimum absolute atomic E-state index is 0.350. The van der Waals surface area contributed by atoms with Crippen molar-refractivity contribution >= 4 is 15.9 Å². The lowest BCUT2D eigenvalue weighted by atomic mass is 9.76.